The fraction of sp³-hybridized carbons (Fsp3) is 0.818. The topological polar surface area (TPSA) is 52.6 Å². The van der Waals surface area contributed by atoms with Crippen LogP contribution in [0.5, 0.6) is 0 Å². The lowest BCUT2D eigenvalue weighted by molar-refractivity contribution is -0.206. The van der Waals surface area contributed by atoms with Gasteiger partial charge in [-0.15, -0.1) is 0 Å². The summed E-state index contributed by atoms with van der Waals surface area (Å²) >= 11 is 7.88. The Morgan fingerprint density at radius 3 is 1.59 bits per heavy atom. The highest BCUT2D eigenvalue weighted by molar-refractivity contribution is 7.80. The van der Waals surface area contributed by atoms with Gasteiger partial charge in [0.05, 0.1) is 12.8 Å². The average molecular weight is 280 g/mol. The molecule has 0 aliphatic rings. The second-order valence-corrected chi connectivity index (χ2v) is 5.52. The standard InChI is InChI=1S/C11H20O4S2/c1-11(2,3)10(14-8(12)4-6-16)15-9(13)5-7-17/h10,16-17H,4-7H2,1-3H3. The van der Waals surface area contributed by atoms with Crippen LogP contribution in [-0.4, -0.2) is 29.7 Å². The fourth-order valence-electron chi connectivity index (χ4n) is 0.917. The van der Waals surface area contributed by atoms with Gasteiger partial charge < -0.3 is 9.47 Å². The SMILES string of the molecule is CC(C)(C)C(OC(=O)CCS)OC(=O)CCS. The summed E-state index contributed by atoms with van der Waals surface area (Å²) < 4.78 is 10.2. The van der Waals surface area contributed by atoms with Crippen LogP contribution in [0.2, 0.25) is 0 Å². The van der Waals surface area contributed by atoms with Crippen molar-refractivity contribution < 1.29 is 19.1 Å². The molecule has 0 heterocycles. The highest BCUT2D eigenvalue weighted by Crippen LogP contribution is 2.24. The molecular weight excluding hydrogens is 260 g/mol. The molecule has 0 atom stereocenters. The Labute approximate surface area is 113 Å². The predicted octanol–water partition coefficient (Wildman–Crippen LogP) is 2.08. The molecule has 6 heteroatoms. The zero-order valence-corrected chi connectivity index (χ0v) is 12.2. The van der Waals surface area contributed by atoms with E-state index in [-0.39, 0.29) is 12.8 Å². The lowest BCUT2D eigenvalue weighted by Crippen LogP contribution is -2.36. The number of hydrogen-bond donors (Lipinski definition) is 2. The molecule has 0 bridgehead atoms. The fourth-order valence-corrected chi connectivity index (χ4v) is 1.28. The van der Waals surface area contributed by atoms with Gasteiger partial charge in [0.15, 0.2) is 0 Å². The van der Waals surface area contributed by atoms with Gasteiger partial charge in [-0.2, -0.15) is 25.3 Å². The van der Waals surface area contributed by atoms with Gasteiger partial charge in [-0.05, 0) is 0 Å². The molecule has 0 aromatic heterocycles. The Bertz CT molecular complexity index is 241. The van der Waals surface area contributed by atoms with E-state index in [1.165, 1.54) is 0 Å². The van der Waals surface area contributed by atoms with E-state index in [2.05, 4.69) is 25.3 Å². The van der Waals surface area contributed by atoms with Crippen LogP contribution >= 0.6 is 25.3 Å². The first-order valence-electron chi connectivity index (χ1n) is 5.42. The number of carbonyl (C=O) groups is 2. The van der Waals surface area contributed by atoms with Crippen LogP contribution in [0.1, 0.15) is 33.6 Å². The molecule has 17 heavy (non-hydrogen) atoms. The van der Waals surface area contributed by atoms with Crippen molar-refractivity contribution in [3.63, 3.8) is 0 Å². The molecular formula is C11H20O4S2. The lowest BCUT2D eigenvalue weighted by atomic mass is 9.96. The molecule has 4 nitrogen and oxygen atoms in total. The second-order valence-electron chi connectivity index (χ2n) is 4.62. The summed E-state index contributed by atoms with van der Waals surface area (Å²) in [4.78, 5) is 22.7. The molecule has 0 saturated carbocycles. The molecule has 0 fully saturated rings. The predicted molar refractivity (Wildman–Crippen MR) is 72.4 cm³/mol. The normalized spacial score (nSPS) is 11.4. The van der Waals surface area contributed by atoms with E-state index >= 15 is 0 Å². The van der Waals surface area contributed by atoms with Gasteiger partial charge >= 0.3 is 11.9 Å². The first-order valence-corrected chi connectivity index (χ1v) is 6.68. The van der Waals surface area contributed by atoms with Gasteiger partial charge in [0.1, 0.15) is 0 Å². The van der Waals surface area contributed by atoms with E-state index in [0.29, 0.717) is 11.5 Å². The molecule has 0 amide bonds. The highest BCUT2D eigenvalue weighted by Gasteiger charge is 2.31. The first-order chi connectivity index (χ1) is 7.81. The average Bonchev–Trinajstić information content (AvgIpc) is 2.16. The van der Waals surface area contributed by atoms with Crippen molar-refractivity contribution in [1.29, 1.82) is 0 Å². The number of ether oxygens (including phenoxy) is 2. The van der Waals surface area contributed by atoms with Crippen molar-refractivity contribution in [2.24, 2.45) is 5.41 Å². The molecule has 0 unspecified atom stereocenters. The van der Waals surface area contributed by atoms with Gasteiger partial charge in [0, 0.05) is 16.9 Å². The van der Waals surface area contributed by atoms with Crippen molar-refractivity contribution in [1.82, 2.24) is 0 Å². The molecule has 0 aliphatic carbocycles. The number of thiol groups is 2. The maximum absolute atomic E-state index is 11.4. The van der Waals surface area contributed by atoms with Gasteiger partial charge in [-0.25, -0.2) is 0 Å². The largest absolute Gasteiger partial charge is 0.425 e. The number of esters is 2. The monoisotopic (exact) mass is 280 g/mol. The van der Waals surface area contributed by atoms with E-state index in [1.54, 1.807) is 0 Å². The number of hydrogen-bond acceptors (Lipinski definition) is 6. The second kappa shape index (κ2) is 7.87. The van der Waals surface area contributed by atoms with Crippen LogP contribution in [-0.2, 0) is 19.1 Å². The summed E-state index contributed by atoms with van der Waals surface area (Å²) in [6.07, 6.45) is -0.484. The zero-order chi connectivity index (χ0) is 13.5. The first kappa shape index (κ1) is 16.6. The molecule has 100 valence electrons. The third-order valence-electron chi connectivity index (χ3n) is 1.82. The molecule has 0 aromatic rings. The van der Waals surface area contributed by atoms with Crippen LogP contribution in [0.3, 0.4) is 0 Å². The third kappa shape index (κ3) is 7.54. The van der Waals surface area contributed by atoms with E-state index in [1.807, 2.05) is 20.8 Å². The van der Waals surface area contributed by atoms with Gasteiger partial charge in [0.25, 0.3) is 6.29 Å². The summed E-state index contributed by atoms with van der Waals surface area (Å²) in [6.45, 7) is 5.50. The van der Waals surface area contributed by atoms with Crippen molar-refractivity contribution in [3.8, 4) is 0 Å². The van der Waals surface area contributed by atoms with Crippen LogP contribution in [0.15, 0.2) is 0 Å². The van der Waals surface area contributed by atoms with Crippen molar-refractivity contribution in [3.05, 3.63) is 0 Å². The summed E-state index contributed by atoms with van der Waals surface area (Å²) in [7, 11) is 0. The van der Waals surface area contributed by atoms with E-state index in [0.717, 1.165) is 0 Å². The molecule has 0 N–H and O–H groups in total. The van der Waals surface area contributed by atoms with Gasteiger partial charge in [-0.3, -0.25) is 9.59 Å². The Balaban J connectivity index is 4.45. The van der Waals surface area contributed by atoms with E-state index in [4.69, 9.17) is 9.47 Å². The Kier molecular flexibility index (Phi) is 7.70. The zero-order valence-electron chi connectivity index (χ0n) is 10.4. The van der Waals surface area contributed by atoms with Crippen LogP contribution in [0, 0.1) is 5.41 Å². The molecule has 0 saturated heterocycles. The summed E-state index contributed by atoms with van der Waals surface area (Å²) in [6, 6.07) is 0. The lowest BCUT2D eigenvalue weighted by Gasteiger charge is -2.29. The Morgan fingerprint density at radius 1 is 1.00 bits per heavy atom. The summed E-state index contributed by atoms with van der Waals surface area (Å²) in [5, 5.41) is 0. The van der Waals surface area contributed by atoms with Gasteiger partial charge in [0.2, 0.25) is 0 Å². The van der Waals surface area contributed by atoms with E-state index < -0.39 is 23.6 Å². The maximum Gasteiger partial charge on any atom is 0.309 e. The van der Waals surface area contributed by atoms with Crippen molar-refractivity contribution in [2.75, 3.05) is 11.5 Å². The van der Waals surface area contributed by atoms with Crippen molar-refractivity contribution >= 4 is 37.2 Å². The third-order valence-corrected chi connectivity index (χ3v) is 2.26. The van der Waals surface area contributed by atoms with Crippen LogP contribution in [0.25, 0.3) is 0 Å². The van der Waals surface area contributed by atoms with Gasteiger partial charge in [-0.1, -0.05) is 20.8 Å². The molecule has 0 aliphatic heterocycles. The van der Waals surface area contributed by atoms with E-state index in [9.17, 15) is 9.59 Å². The summed E-state index contributed by atoms with van der Waals surface area (Å²) in [5.41, 5.74) is -0.460. The van der Waals surface area contributed by atoms with Crippen molar-refractivity contribution in [2.45, 2.75) is 39.9 Å². The molecule has 0 rings (SSSR count). The molecule has 0 radical (unpaired) electrons. The highest BCUT2D eigenvalue weighted by atomic mass is 32.1. The smallest absolute Gasteiger partial charge is 0.309 e. The number of rotatable bonds is 6. The summed E-state index contributed by atoms with van der Waals surface area (Å²) in [5.74, 6) is -0.0298. The molecule has 0 aromatic carbocycles. The molecule has 0 spiro atoms. The minimum Gasteiger partial charge on any atom is -0.425 e. The van der Waals surface area contributed by atoms with Crippen LogP contribution in [0.4, 0.5) is 0 Å². The minimum atomic E-state index is -0.873. The Morgan fingerprint density at radius 2 is 1.35 bits per heavy atom. The quantitative estimate of drug-likeness (QED) is 0.444. The van der Waals surface area contributed by atoms with Crippen LogP contribution < -0.4 is 0 Å². The Hall–Kier alpha value is -0.360. The maximum atomic E-state index is 11.4. The minimum absolute atomic E-state index is 0.194. The number of carbonyl (C=O) groups excluding carboxylic acids is 2.